The molecule has 0 aliphatic carbocycles. The summed E-state index contributed by atoms with van der Waals surface area (Å²) in [5.41, 5.74) is 3.82. The van der Waals surface area contributed by atoms with Crippen molar-refractivity contribution in [3.8, 4) is 0 Å². The molecule has 1 atom stereocenters. The minimum atomic E-state index is 0.0999. The lowest BCUT2D eigenvalue weighted by molar-refractivity contribution is 0.0736. The molecule has 3 aromatic rings. The summed E-state index contributed by atoms with van der Waals surface area (Å²) in [6, 6.07) is 14.2. The van der Waals surface area contributed by atoms with Crippen LogP contribution >= 0.6 is 15.9 Å². The SMILES string of the molecule is Cc1n[nH]c2ccc(C(=O)N3CCC[C@@H]3c3ccc(Br)cc3)cc12. The van der Waals surface area contributed by atoms with Gasteiger partial charge in [0.15, 0.2) is 0 Å². The minimum absolute atomic E-state index is 0.0999. The van der Waals surface area contributed by atoms with E-state index in [2.05, 4.69) is 38.3 Å². The zero-order valence-corrected chi connectivity index (χ0v) is 15.0. The standard InChI is InChI=1S/C19H18BrN3O/c1-12-16-11-14(6-9-17(16)22-21-12)19(24)23-10-2-3-18(23)13-4-7-15(20)8-5-13/h4-9,11,18H,2-3,10H2,1H3,(H,21,22)/t18-/m1/s1. The molecule has 1 aromatic heterocycles. The third-order valence-corrected chi connectivity index (χ3v) is 5.30. The Hall–Kier alpha value is -2.14. The fourth-order valence-electron chi connectivity index (χ4n) is 3.49. The lowest BCUT2D eigenvalue weighted by Gasteiger charge is -2.25. The van der Waals surface area contributed by atoms with Crippen molar-refractivity contribution in [2.45, 2.75) is 25.8 Å². The number of halogens is 1. The number of likely N-dealkylation sites (tertiary alicyclic amines) is 1. The van der Waals surface area contributed by atoms with Gasteiger partial charge < -0.3 is 4.90 Å². The number of carbonyl (C=O) groups is 1. The zero-order chi connectivity index (χ0) is 16.7. The summed E-state index contributed by atoms with van der Waals surface area (Å²) in [6.07, 6.45) is 2.06. The first-order valence-electron chi connectivity index (χ1n) is 8.14. The Kier molecular flexibility index (Phi) is 3.88. The van der Waals surface area contributed by atoms with Gasteiger partial charge in [-0.05, 0) is 55.7 Å². The van der Waals surface area contributed by atoms with Gasteiger partial charge in [0, 0.05) is 22.0 Å². The molecule has 1 fully saturated rings. The summed E-state index contributed by atoms with van der Waals surface area (Å²) < 4.78 is 1.06. The number of aromatic nitrogens is 2. The van der Waals surface area contributed by atoms with Crippen molar-refractivity contribution in [3.63, 3.8) is 0 Å². The van der Waals surface area contributed by atoms with Gasteiger partial charge in [0.25, 0.3) is 5.91 Å². The van der Waals surface area contributed by atoms with Gasteiger partial charge in [-0.2, -0.15) is 5.10 Å². The minimum Gasteiger partial charge on any atom is -0.332 e. The second-order valence-corrected chi connectivity index (χ2v) is 7.19. The number of aromatic amines is 1. The van der Waals surface area contributed by atoms with E-state index in [1.54, 1.807) is 0 Å². The highest BCUT2D eigenvalue weighted by molar-refractivity contribution is 9.10. The number of nitrogens with one attached hydrogen (secondary N) is 1. The van der Waals surface area contributed by atoms with E-state index in [1.807, 2.05) is 42.2 Å². The molecule has 0 saturated carbocycles. The fraction of sp³-hybridized carbons (Fsp3) is 0.263. The predicted octanol–water partition coefficient (Wildman–Crippen LogP) is 4.61. The second kappa shape index (κ2) is 6.06. The molecule has 0 bridgehead atoms. The van der Waals surface area contributed by atoms with Crippen LogP contribution in [-0.4, -0.2) is 27.5 Å². The topological polar surface area (TPSA) is 49.0 Å². The van der Waals surface area contributed by atoms with Gasteiger partial charge in [0.1, 0.15) is 0 Å². The van der Waals surface area contributed by atoms with Crippen LogP contribution in [0.1, 0.15) is 40.5 Å². The molecule has 2 aromatic carbocycles. The first kappa shape index (κ1) is 15.4. The Labute approximate surface area is 149 Å². The van der Waals surface area contributed by atoms with E-state index < -0.39 is 0 Å². The van der Waals surface area contributed by atoms with E-state index in [9.17, 15) is 4.79 Å². The normalized spacial score (nSPS) is 17.6. The molecule has 1 aliphatic rings. The lowest BCUT2D eigenvalue weighted by Crippen LogP contribution is -2.30. The van der Waals surface area contributed by atoms with Crippen LogP contribution in [0.5, 0.6) is 0 Å². The summed E-state index contributed by atoms with van der Waals surface area (Å²) in [4.78, 5) is 15.1. The number of hydrogen-bond acceptors (Lipinski definition) is 2. The summed E-state index contributed by atoms with van der Waals surface area (Å²) in [6.45, 7) is 2.76. The Morgan fingerprint density at radius 2 is 2.04 bits per heavy atom. The highest BCUT2D eigenvalue weighted by Gasteiger charge is 2.30. The highest BCUT2D eigenvalue weighted by Crippen LogP contribution is 2.34. The predicted molar refractivity (Wildman–Crippen MR) is 98.0 cm³/mol. The van der Waals surface area contributed by atoms with Crippen LogP contribution in [0.15, 0.2) is 46.9 Å². The number of carbonyl (C=O) groups excluding carboxylic acids is 1. The van der Waals surface area contributed by atoms with E-state index in [1.165, 1.54) is 5.56 Å². The molecular formula is C19H18BrN3O. The van der Waals surface area contributed by atoms with Crippen LogP contribution < -0.4 is 0 Å². The monoisotopic (exact) mass is 383 g/mol. The Balaban J connectivity index is 1.66. The average molecular weight is 384 g/mol. The van der Waals surface area contributed by atoms with Gasteiger partial charge in [-0.15, -0.1) is 0 Å². The molecule has 2 heterocycles. The average Bonchev–Trinajstić information content (AvgIpc) is 3.22. The van der Waals surface area contributed by atoms with Gasteiger partial charge >= 0.3 is 0 Å². The van der Waals surface area contributed by atoms with Crippen molar-refractivity contribution in [3.05, 3.63) is 63.8 Å². The molecule has 1 N–H and O–H groups in total. The molecule has 0 radical (unpaired) electrons. The molecular weight excluding hydrogens is 366 g/mol. The molecule has 122 valence electrons. The third-order valence-electron chi connectivity index (χ3n) is 4.77. The number of H-pyrrole nitrogens is 1. The van der Waals surface area contributed by atoms with Crippen molar-refractivity contribution in [1.82, 2.24) is 15.1 Å². The summed E-state index contributed by atoms with van der Waals surface area (Å²) in [5, 5.41) is 8.21. The molecule has 24 heavy (non-hydrogen) atoms. The van der Waals surface area contributed by atoms with Crippen LogP contribution in [0.4, 0.5) is 0 Å². The molecule has 1 amide bonds. The third kappa shape index (κ3) is 2.63. The molecule has 4 nitrogen and oxygen atoms in total. The second-order valence-electron chi connectivity index (χ2n) is 6.28. The number of amides is 1. The first-order chi connectivity index (χ1) is 11.6. The summed E-state index contributed by atoms with van der Waals surface area (Å²) in [5.74, 6) is 0.0999. The van der Waals surface area contributed by atoms with Gasteiger partial charge in [-0.1, -0.05) is 28.1 Å². The van der Waals surface area contributed by atoms with Crippen molar-refractivity contribution >= 4 is 32.7 Å². The van der Waals surface area contributed by atoms with Crippen LogP contribution in [0.2, 0.25) is 0 Å². The zero-order valence-electron chi connectivity index (χ0n) is 13.4. The number of fused-ring (bicyclic) bond motifs is 1. The molecule has 5 heteroatoms. The van der Waals surface area contributed by atoms with Crippen molar-refractivity contribution in [2.24, 2.45) is 0 Å². The molecule has 0 unspecified atom stereocenters. The van der Waals surface area contributed by atoms with E-state index in [4.69, 9.17) is 0 Å². The molecule has 1 aliphatic heterocycles. The van der Waals surface area contributed by atoms with Gasteiger partial charge in [-0.25, -0.2) is 0 Å². The van der Waals surface area contributed by atoms with Gasteiger partial charge in [0.2, 0.25) is 0 Å². The maximum Gasteiger partial charge on any atom is 0.254 e. The maximum atomic E-state index is 13.1. The van der Waals surface area contributed by atoms with E-state index >= 15 is 0 Å². The highest BCUT2D eigenvalue weighted by atomic mass is 79.9. The molecule has 0 spiro atoms. The molecule has 4 rings (SSSR count). The van der Waals surface area contributed by atoms with Crippen molar-refractivity contribution in [2.75, 3.05) is 6.54 Å². The Bertz CT molecular complexity index is 901. The summed E-state index contributed by atoms with van der Waals surface area (Å²) in [7, 11) is 0. The number of hydrogen-bond donors (Lipinski definition) is 1. The number of aryl methyl sites for hydroxylation is 1. The number of rotatable bonds is 2. The van der Waals surface area contributed by atoms with Crippen LogP contribution in [-0.2, 0) is 0 Å². The number of nitrogens with zero attached hydrogens (tertiary/aromatic N) is 2. The van der Waals surface area contributed by atoms with Crippen LogP contribution in [0.25, 0.3) is 10.9 Å². The van der Waals surface area contributed by atoms with E-state index in [-0.39, 0.29) is 11.9 Å². The van der Waals surface area contributed by atoms with Crippen LogP contribution in [0, 0.1) is 6.92 Å². The van der Waals surface area contributed by atoms with Gasteiger partial charge in [-0.3, -0.25) is 9.89 Å². The fourth-order valence-corrected chi connectivity index (χ4v) is 3.75. The smallest absolute Gasteiger partial charge is 0.254 e. The Morgan fingerprint density at radius 3 is 2.83 bits per heavy atom. The largest absolute Gasteiger partial charge is 0.332 e. The quantitative estimate of drug-likeness (QED) is 0.702. The van der Waals surface area contributed by atoms with Gasteiger partial charge in [0.05, 0.1) is 17.3 Å². The summed E-state index contributed by atoms with van der Waals surface area (Å²) >= 11 is 3.47. The Morgan fingerprint density at radius 1 is 1.25 bits per heavy atom. The lowest BCUT2D eigenvalue weighted by atomic mass is 10.0. The van der Waals surface area contributed by atoms with Crippen molar-refractivity contribution in [1.29, 1.82) is 0 Å². The molecule has 1 saturated heterocycles. The number of benzene rings is 2. The van der Waals surface area contributed by atoms with Crippen molar-refractivity contribution < 1.29 is 4.79 Å². The van der Waals surface area contributed by atoms with E-state index in [0.29, 0.717) is 0 Å². The first-order valence-corrected chi connectivity index (χ1v) is 8.94. The van der Waals surface area contributed by atoms with E-state index in [0.717, 1.165) is 46.0 Å². The van der Waals surface area contributed by atoms with Crippen LogP contribution in [0.3, 0.4) is 0 Å². The maximum absolute atomic E-state index is 13.1.